The van der Waals surface area contributed by atoms with Crippen molar-refractivity contribution in [3.05, 3.63) is 78.4 Å². The number of hydrogen-bond donors (Lipinski definition) is 1. The third-order valence-electron chi connectivity index (χ3n) is 5.60. The fourth-order valence-electron chi connectivity index (χ4n) is 4.38. The Kier molecular flexibility index (Phi) is 4.92. The second-order valence-electron chi connectivity index (χ2n) is 7.46. The molecule has 1 aromatic heterocycles. The van der Waals surface area contributed by atoms with Gasteiger partial charge in [-0.1, -0.05) is 6.07 Å². The molecule has 30 heavy (non-hydrogen) atoms. The van der Waals surface area contributed by atoms with E-state index in [4.69, 9.17) is 5.73 Å². The summed E-state index contributed by atoms with van der Waals surface area (Å²) in [6, 6.07) is 10.4. The summed E-state index contributed by atoms with van der Waals surface area (Å²) in [6.07, 6.45) is 1.70. The van der Waals surface area contributed by atoms with Gasteiger partial charge in [0.1, 0.15) is 5.82 Å². The number of rotatable bonds is 3. The Balaban J connectivity index is 1.98. The van der Waals surface area contributed by atoms with Crippen LogP contribution >= 0.6 is 11.3 Å². The Hall–Kier alpha value is -3.44. The van der Waals surface area contributed by atoms with Gasteiger partial charge in [-0.25, -0.2) is 0 Å². The Labute approximate surface area is 177 Å². The van der Waals surface area contributed by atoms with Gasteiger partial charge in [0, 0.05) is 39.6 Å². The van der Waals surface area contributed by atoms with Crippen molar-refractivity contribution in [3.63, 3.8) is 0 Å². The predicted molar refractivity (Wildman–Crippen MR) is 115 cm³/mol. The number of thiophene rings is 1. The number of hydrogen-bond acceptors (Lipinski definition) is 7. The van der Waals surface area contributed by atoms with Crippen LogP contribution in [0.1, 0.15) is 40.5 Å². The van der Waals surface area contributed by atoms with Crippen molar-refractivity contribution in [2.24, 2.45) is 5.73 Å². The van der Waals surface area contributed by atoms with Gasteiger partial charge in [-0.2, -0.15) is 5.26 Å². The lowest BCUT2D eigenvalue weighted by molar-refractivity contribution is -0.384. The van der Waals surface area contributed by atoms with Crippen molar-refractivity contribution >= 4 is 28.5 Å². The predicted octanol–water partition coefficient (Wildman–Crippen LogP) is 4.58. The third-order valence-corrected chi connectivity index (χ3v) is 6.58. The van der Waals surface area contributed by atoms with Crippen LogP contribution < -0.4 is 10.6 Å². The summed E-state index contributed by atoms with van der Waals surface area (Å²) in [7, 11) is 0. The second kappa shape index (κ2) is 7.43. The smallest absolute Gasteiger partial charge is 0.271 e. The number of Topliss-reactive ketones (excluding diaryl/α,β-unsaturated/α-hetero) is 1. The van der Waals surface area contributed by atoms with Gasteiger partial charge in [-0.05, 0) is 44.4 Å². The molecule has 1 aliphatic heterocycles. The number of nitro groups is 1. The number of aryl methyl sites for hydroxylation is 2. The third kappa shape index (κ3) is 3.08. The van der Waals surface area contributed by atoms with Crippen LogP contribution in [0.3, 0.4) is 0 Å². The first-order chi connectivity index (χ1) is 14.3. The molecule has 2 N–H and O–H groups in total. The van der Waals surface area contributed by atoms with E-state index in [2.05, 4.69) is 6.07 Å². The summed E-state index contributed by atoms with van der Waals surface area (Å²) >= 11 is 1.62. The maximum atomic E-state index is 13.1. The zero-order chi connectivity index (χ0) is 21.6. The molecule has 1 aromatic carbocycles. The molecule has 1 atom stereocenters. The average Bonchev–Trinajstić information content (AvgIpc) is 3.05. The van der Waals surface area contributed by atoms with Crippen LogP contribution in [0.15, 0.2) is 53.0 Å². The van der Waals surface area contributed by atoms with Crippen LogP contribution in [-0.4, -0.2) is 10.7 Å². The first kappa shape index (κ1) is 19.9. The minimum absolute atomic E-state index is 0.000170. The molecular formula is C22H20N4O3S. The van der Waals surface area contributed by atoms with Crippen molar-refractivity contribution in [3.8, 4) is 6.07 Å². The first-order valence-electron chi connectivity index (χ1n) is 9.61. The number of non-ortho nitro benzene ring substituents is 1. The van der Waals surface area contributed by atoms with Crippen LogP contribution in [0.4, 0.5) is 11.4 Å². The molecule has 0 amide bonds. The number of nitriles is 1. The van der Waals surface area contributed by atoms with Crippen LogP contribution in [0, 0.1) is 35.3 Å². The molecule has 7 nitrogen and oxygen atoms in total. The molecule has 0 unspecified atom stereocenters. The van der Waals surface area contributed by atoms with Gasteiger partial charge in [-0.3, -0.25) is 19.8 Å². The van der Waals surface area contributed by atoms with E-state index in [1.165, 1.54) is 12.1 Å². The van der Waals surface area contributed by atoms with Crippen LogP contribution in [0.25, 0.3) is 0 Å². The number of nitro benzene ring substituents is 1. The molecule has 8 heteroatoms. The van der Waals surface area contributed by atoms with Gasteiger partial charge in [0.15, 0.2) is 5.78 Å². The lowest BCUT2D eigenvalue weighted by atomic mass is 9.75. The topological polar surface area (TPSA) is 113 Å². The highest BCUT2D eigenvalue weighted by molar-refractivity contribution is 7.12. The molecular weight excluding hydrogens is 400 g/mol. The molecule has 0 spiro atoms. The van der Waals surface area contributed by atoms with Crippen molar-refractivity contribution in [2.45, 2.75) is 39.0 Å². The summed E-state index contributed by atoms with van der Waals surface area (Å²) in [5, 5.41) is 21.3. The second-order valence-corrected chi connectivity index (χ2v) is 8.92. The number of allylic oxidation sites excluding steroid dienone is 3. The highest BCUT2D eigenvalue weighted by atomic mass is 32.1. The van der Waals surface area contributed by atoms with E-state index in [1.54, 1.807) is 28.4 Å². The maximum Gasteiger partial charge on any atom is 0.271 e. The number of anilines is 1. The molecule has 4 rings (SSSR count). The minimum Gasteiger partial charge on any atom is -0.384 e. The summed E-state index contributed by atoms with van der Waals surface area (Å²) in [5.41, 5.74) is 9.45. The van der Waals surface area contributed by atoms with E-state index in [9.17, 15) is 20.2 Å². The summed E-state index contributed by atoms with van der Waals surface area (Å²) in [4.78, 5) is 27.7. The number of carbonyl (C=O) groups excluding carboxylic acids is 1. The molecule has 2 aromatic rings. The van der Waals surface area contributed by atoms with Gasteiger partial charge in [0.2, 0.25) is 0 Å². The lowest BCUT2D eigenvalue weighted by Crippen LogP contribution is -2.38. The molecule has 152 valence electrons. The molecule has 0 bridgehead atoms. The Morgan fingerprint density at radius 3 is 2.70 bits per heavy atom. The zero-order valence-corrected chi connectivity index (χ0v) is 17.5. The Morgan fingerprint density at radius 1 is 1.30 bits per heavy atom. The fraction of sp³-hybridized carbons (Fsp3) is 0.273. The van der Waals surface area contributed by atoms with Crippen molar-refractivity contribution in [1.82, 2.24) is 0 Å². The molecule has 0 saturated heterocycles. The Morgan fingerprint density at radius 2 is 2.07 bits per heavy atom. The number of nitrogens with zero attached hydrogens (tertiary/aromatic N) is 3. The monoisotopic (exact) mass is 420 g/mol. The minimum atomic E-state index is -0.502. The van der Waals surface area contributed by atoms with Crippen LogP contribution in [0.2, 0.25) is 0 Å². The first-order valence-corrected chi connectivity index (χ1v) is 10.4. The normalized spacial score (nSPS) is 19.0. The van der Waals surface area contributed by atoms with Gasteiger partial charge in [0.25, 0.3) is 5.69 Å². The fourth-order valence-corrected chi connectivity index (χ4v) is 5.34. The lowest BCUT2D eigenvalue weighted by Gasteiger charge is -2.39. The maximum absolute atomic E-state index is 13.1. The zero-order valence-electron chi connectivity index (χ0n) is 16.6. The van der Waals surface area contributed by atoms with E-state index >= 15 is 0 Å². The summed E-state index contributed by atoms with van der Waals surface area (Å²) in [5.74, 6) is -0.280. The molecule has 1 aliphatic carbocycles. The van der Waals surface area contributed by atoms with E-state index < -0.39 is 10.8 Å². The molecule has 0 radical (unpaired) electrons. The summed E-state index contributed by atoms with van der Waals surface area (Å²) in [6.45, 7) is 3.98. The van der Waals surface area contributed by atoms with Gasteiger partial charge in [-0.15, -0.1) is 11.3 Å². The van der Waals surface area contributed by atoms with Crippen molar-refractivity contribution < 1.29 is 9.72 Å². The standard InChI is InChI=1S/C22H20N4O3S/c1-12-9-16(13(2)30-12)20-17(11-23)22(24)25(18-7-4-8-19(27)21(18)20)14-5-3-6-15(10-14)26(28)29/h3,5-6,9-10,20H,4,7-8,24H2,1-2H3/t20-/m1/s1. The quantitative estimate of drug-likeness (QED) is 0.574. The van der Waals surface area contributed by atoms with Gasteiger partial charge < -0.3 is 5.73 Å². The van der Waals surface area contributed by atoms with Gasteiger partial charge >= 0.3 is 0 Å². The van der Waals surface area contributed by atoms with Crippen molar-refractivity contribution in [1.29, 1.82) is 5.26 Å². The largest absolute Gasteiger partial charge is 0.384 e. The van der Waals surface area contributed by atoms with Crippen LogP contribution in [0.5, 0.6) is 0 Å². The van der Waals surface area contributed by atoms with Gasteiger partial charge in [0.05, 0.1) is 28.2 Å². The number of carbonyl (C=O) groups is 1. The number of benzene rings is 1. The molecule has 0 saturated carbocycles. The number of nitrogens with two attached hydrogens (primary N) is 1. The average molecular weight is 420 g/mol. The van der Waals surface area contributed by atoms with E-state index in [-0.39, 0.29) is 17.3 Å². The van der Waals surface area contributed by atoms with Crippen LogP contribution in [-0.2, 0) is 4.79 Å². The van der Waals surface area contributed by atoms with E-state index in [0.29, 0.717) is 36.1 Å². The highest BCUT2D eigenvalue weighted by Crippen LogP contribution is 2.48. The van der Waals surface area contributed by atoms with Crippen molar-refractivity contribution in [2.75, 3.05) is 4.90 Å². The number of ketones is 1. The van der Waals surface area contributed by atoms with E-state index in [0.717, 1.165) is 21.0 Å². The van der Waals surface area contributed by atoms with E-state index in [1.807, 2.05) is 19.9 Å². The highest BCUT2D eigenvalue weighted by Gasteiger charge is 2.41. The summed E-state index contributed by atoms with van der Waals surface area (Å²) < 4.78 is 0. The SMILES string of the molecule is Cc1cc([C@@H]2C(C#N)=C(N)N(c3cccc([N+](=O)[O-])c3)C3=C2C(=O)CCC3)c(C)s1. The molecule has 2 aliphatic rings. The molecule has 0 fully saturated rings. The Bertz CT molecular complexity index is 1190. The molecule has 2 heterocycles.